The van der Waals surface area contributed by atoms with E-state index >= 15 is 0 Å². The van der Waals surface area contributed by atoms with Crippen molar-refractivity contribution in [2.75, 3.05) is 18.0 Å². The Hall–Kier alpha value is -2.63. The number of aldehydes is 1. The average molecular weight is 284 g/mol. The van der Waals surface area contributed by atoms with Gasteiger partial charge in [0.25, 0.3) is 0 Å². The molecule has 21 heavy (non-hydrogen) atoms. The summed E-state index contributed by atoms with van der Waals surface area (Å²) in [6.07, 6.45) is 2.56. The molecule has 0 spiro atoms. The summed E-state index contributed by atoms with van der Waals surface area (Å²) in [4.78, 5) is 24.4. The molecule has 1 N–H and O–H groups in total. The molecule has 1 aliphatic heterocycles. The number of anilines is 1. The molecule has 0 bridgehead atoms. The number of amides is 2. The second kappa shape index (κ2) is 5.40. The standard InChI is InChI=1S/C15H16N4O2/c1-2-18-9-12(10-20)14(17-18)11-3-5-13(6-4-11)19-8-7-16-15(19)21/h3-6,9-10H,2,7-8H2,1H3,(H,16,21). The molecule has 1 saturated heterocycles. The minimum Gasteiger partial charge on any atom is -0.336 e. The van der Waals surface area contributed by atoms with E-state index in [1.807, 2.05) is 31.2 Å². The van der Waals surface area contributed by atoms with E-state index in [1.54, 1.807) is 15.8 Å². The van der Waals surface area contributed by atoms with E-state index in [1.165, 1.54) is 0 Å². The highest BCUT2D eigenvalue weighted by Crippen LogP contribution is 2.25. The van der Waals surface area contributed by atoms with Crippen molar-refractivity contribution in [1.29, 1.82) is 0 Å². The SMILES string of the molecule is CCn1cc(C=O)c(-c2ccc(N3CCNC3=O)cc2)n1. The van der Waals surface area contributed by atoms with Crippen molar-refractivity contribution in [3.8, 4) is 11.3 Å². The Kier molecular flexibility index (Phi) is 3.43. The minimum absolute atomic E-state index is 0.0772. The van der Waals surface area contributed by atoms with Crippen molar-refractivity contribution in [2.45, 2.75) is 13.5 Å². The highest BCUT2D eigenvalue weighted by Gasteiger charge is 2.21. The topological polar surface area (TPSA) is 67.2 Å². The largest absolute Gasteiger partial charge is 0.336 e. The Balaban J connectivity index is 1.92. The van der Waals surface area contributed by atoms with Crippen LogP contribution in [0.1, 0.15) is 17.3 Å². The zero-order valence-electron chi connectivity index (χ0n) is 11.7. The van der Waals surface area contributed by atoms with E-state index in [-0.39, 0.29) is 6.03 Å². The summed E-state index contributed by atoms with van der Waals surface area (Å²) >= 11 is 0. The Morgan fingerprint density at radius 2 is 2.10 bits per heavy atom. The Labute approximate surface area is 122 Å². The van der Waals surface area contributed by atoms with E-state index in [2.05, 4.69) is 10.4 Å². The third-order valence-corrected chi connectivity index (χ3v) is 3.55. The second-order valence-electron chi connectivity index (χ2n) is 4.84. The molecule has 3 rings (SSSR count). The summed E-state index contributed by atoms with van der Waals surface area (Å²) in [5, 5.41) is 7.17. The lowest BCUT2D eigenvalue weighted by molar-refractivity contribution is 0.112. The first-order chi connectivity index (χ1) is 10.2. The average Bonchev–Trinajstić information content (AvgIpc) is 3.13. The Morgan fingerprint density at radius 1 is 1.33 bits per heavy atom. The number of aromatic nitrogens is 2. The summed E-state index contributed by atoms with van der Waals surface area (Å²) < 4.78 is 1.74. The number of hydrogen-bond donors (Lipinski definition) is 1. The van der Waals surface area contributed by atoms with Crippen molar-refractivity contribution < 1.29 is 9.59 Å². The van der Waals surface area contributed by atoms with Gasteiger partial charge in [0, 0.05) is 37.1 Å². The molecule has 0 unspecified atom stereocenters. The number of benzene rings is 1. The van der Waals surface area contributed by atoms with Crippen molar-refractivity contribution >= 4 is 18.0 Å². The molecule has 0 radical (unpaired) electrons. The maximum Gasteiger partial charge on any atom is 0.321 e. The van der Waals surface area contributed by atoms with Gasteiger partial charge in [-0.2, -0.15) is 5.10 Å². The molecule has 0 aliphatic carbocycles. The molecular formula is C15H16N4O2. The summed E-state index contributed by atoms with van der Waals surface area (Å²) in [7, 11) is 0. The maximum atomic E-state index is 11.6. The molecular weight excluding hydrogens is 268 g/mol. The quantitative estimate of drug-likeness (QED) is 0.872. The number of aryl methyl sites for hydroxylation is 1. The fraction of sp³-hybridized carbons (Fsp3) is 0.267. The van der Waals surface area contributed by atoms with Gasteiger partial charge in [-0.05, 0) is 19.1 Å². The predicted octanol–water partition coefficient (Wildman–Crippen LogP) is 1.91. The summed E-state index contributed by atoms with van der Waals surface area (Å²) in [6, 6.07) is 7.44. The van der Waals surface area contributed by atoms with Crippen LogP contribution in [0.3, 0.4) is 0 Å². The fourth-order valence-electron chi connectivity index (χ4n) is 2.43. The fourth-order valence-corrected chi connectivity index (χ4v) is 2.43. The van der Waals surface area contributed by atoms with E-state index in [4.69, 9.17) is 0 Å². The van der Waals surface area contributed by atoms with Crippen LogP contribution in [0.4, 0.5) is 10.5 Å². The monoisotopic (exact) mass is 284 g/mol. The van der Waals surface area contributed by atoms with Gasteiger partial charge < -0.3 is 5.32 Å². The molecule has 2 heterocycles. The van der Waals surface area contributed by atoms with Crippen LogP contribution in [0.5, 0.6) is 0 Å². The van der Waals surface area contributed by atoms with Crippen molar-refractivity contribution in [1.82, 2.24) is 15.1 Å². The second-order valence-corrected chi connectivity index (χ2v) is 4.84. The molecule has 2 amide bonds. The zero-order chi connectivity index (χ0) is 14.8. The van der Waals surface area contributed by atoms with Gasteiger partial charge in [-0.25, -0.2) is 4.79 Å². The number of carbonyl (C=O) groups excluding carboxylic acids is 2. The first-order valence-electron chi connectivity index (χ1n) is 6.91. The van der Waals surface area contributed by atoms with E-state index in [0.717, 1.165) is 17.5 Å². The third-order valence-electron chi connectivity index (χ3n) is 3.55. The predicted molar refractivity (Wildman–Crippen MR) is 79.5 cm³/mol. The molecule has 1 fully saturated rings. The minimum atomic E-state index is -0.0772. The van der Waals surface area contributed by atoms with Crippen LogP contribution >= 0.6 is 0 Å². The van der Waals surface area contributed by atoms with Gasteiger partial charge in [-0.15, -0.1) is 0 Å². The molecule has 0 saturated carbocycles. The molecule has 108 valence electrons. The van der Waals surface area contributed by atoms with Gasteiger partial charge in [-0.1, -0.05) is 12.1 Å². The van der Waals surface area contributed by atoms with E-state index in [0.29, 0.717) is 30.9 Å². The molecule has 1 aromatic carbocycles. The van der Waals surface area contributed by atoms with Crippen LogP contribution in [0.15, 0.2) is 30.5 Å². The number of nitrogens with zero attached hydrogens (tertiary/aromatic N) is 3. The first kappa shape index (κ1) is 13.4. The number of nitrogens with one attached hydrogen (secondary N) is 1. The molecule has 2 aromatic rings. The van der Waals surface area contributed by atoms with Gasteiger partial charge in [0.15, 0.2) is 6.29 Å². The Morgan fingerprint density at radius 3 is 2.67 bits per heavy atom. The lowest BCUT2D eigenvalue weighted by Gasteiger charge is -2.14. The number of rotatable bonds is 4. The smallest absolute Gasteiger partial charge is 0.321 e. The van der Waals surface area contributed by atoms with Gasteiger partial charge in [0.1, 0.15) is 5.69 Å². The van der Waals surface area contributed by atoms with Crippen LogP contribution < -0.4 is 10.2 Å². The summed E-state index contributed by atoms with van der Waals surface area (Å²) in [5.41, 5.74) is 2.96. The normalized spacial score (nSPS) is 14.3. The molecule has 1 aromatic heterocycles. The zero-order valence-corrected chi connectivity index (χ0v) is 11.7. The Bertz CT molecular complexity index is 675. The summed E-state index contributed by atoms with van der Waals surface area (Å²) in [6.45, 7) is 4.02. The maximum absolute atomic E-state index is 11.6. The highest BCUT2D eigenvalue weighted by molar-refractivity contribution is 5.94. The van der Waals surface area contributed by atoms with Gasteiger partial charge in [0.05, 0.1) is 5.56 Å². The van der Waals surface area contributed by atoms with Gasteiger partial charge in [-0.3, -0.25) is 14.4 Å². The van der Waals surface area contributed by atoms with Crippen LogP contribution in [0, 0.1) is 0 Å². The van der Waals surface area contributed by atoms with Gasteiger partial charge in [0.2, 0.25) is 0 Å². The van der Waals surface area contributed by atoms with Crippen LogP contribution in [0.25, 0.3) is 11.3 Å². The highest BCUT2D eigenvalue weighted by atomic mass is 16.2. The first-order valence-corrected chi connectivity index (χ1v) is 6.91. The molecule has 1 aliphatic rings. The van der Waals surface area contributed by atoms with E-state index in [9.17, 15) is 9.59 Å². The van der Waals surface area contributed by atoms with Crippen molar-refractivity contribution in [3.05, 3.63) is 36.0 Å². The number of urea groups is 1. The lowest BCUT2D eigenvalue weighted by atomic mass is 10.1. The third kappa shape index (κ3) is 2.40. The van der Waals surface area contributed by atoms with Crippen molar-refractivity contribution in [3.63, 3.8) is 0 Å². The van der Waals surface area contributed by atoms with Crippen molar-refractivity contribution in [2.24, 2.45) is 0 Å². The summed E-state index contributed by atoms with van der Waals surface area (Å²) in [5.74, 6) is 0. The van der Waals surface area contributed by atoms with Gasteiger partial charge >= 0.3 is 6.03 Å². The lowest BCUT2D eigenvalue weighted by Crippen LogP contribution is -2.27. The molecule has 6 heteroatoms. The molecule has 6 nitrogen and oxygen atoms in total. The van der Waals surface area contributed by atoms with Crippen LogP contribution in [-0.4, -0.2) is 35.2 Å². The van der Waals surface area contributed by atoms with Crippen LogP contribution in [0.2, 0.25) is 0 Å². The molecule has 0 atom stereocenters. The number of hydrogen-bond acceptors (Lipinski definition) is 3. The van der Waals surface area contributed by atoms with Crippen LogP contribution in [-0.2, 0) is 6.54 Å². The number of carbonyl (C=O) groups is 2. The van der Waals surface area contributed by atoms with E-state index < -0.39 is 0 Å².